The predicted octanol–water partition coefficient (Wildman–Crippen LogP) is 3.18. The van der Waals surface area contributed by atoms with Crippen molar-refractivity contribution in [1.29, 1.82) is 0 Å². The summed E-state index contributed by atoms with van der Waals surface area (Å²) in [7, 11) is 0. The summed E-state index contributed by atoms with van der Waals surface area (Å²) in [5.74, 6) is 1.68. The van der Waals surface area contributed by atoms with Crippen LogP contribution < -0.4 is 10.1 Å². The van der Waals surface area contributed by atoms with E-state index in [1.807, 2.05) is 24.3 Å². The molecule has 8 heteroatoms. The van der Waals surface area contributed by atoms with Crippen LogP contribution in [0.5, 0.6) is 5.75 Å². The Bertz CT molecular complexity index is 599. The van der Waals surface area contributed by atoms with E-state index in [4.69, 9.17) is 30.8 Å². The van der Waals surface area contributed by atoms with Crippen LogP contribution in [0.4, 0.5) is 0 Å². The van der Waals surface area contributed by atoms with Gasteiger partial charge in [0, 0.05) is 31.3 Å². The van der Waals surface area contributed by atoms with Crippen LogP contribution in [0.15, 0.2) is 29.3 Å². The van der Waals surface area contributed by atoms with Crippen molar-refractivity contribution >= 4 is 41.5 Å². The molecule has 2 saturated heterocycles. The number of nitrogens with one attached hydrogen (secondary N) is 1. The zero-order chi connectivity index (χ0) is 18.2. The molecular formula is C19H29ClIN3O3. The fourth-order valence-corrected chi connectivity index (χ4v) is 3.47. The molecule has 27 heavy (non-hydrogen) atoms. The van der Waals surface area contributed by atoms with Crippen LogP contribution in [-0.2, 0) is 9.47 Å². The van der Waals surface area contributed by atoms with Gasteiger partial charge in [-0.2, -0.15) is 0 Å². The Morgan fingerprint density at radius 3 is 2.93 bits per heavy atom. The van der Waals surface area contributed by atoms with Crippen molar-refractivity contribution in [2.45, 2.75) is 32.0 Å². The molecule has 1 aromatic rings. The smallest absolute Gasteiger partial charge is 0.194 e. The Morgan fingerprint density at radius 2 is 2.19 bits per heavy atom. The lowest BCUT2D eigenvalue weighted by Crippen LogP contribution is -2.53. The number of aliphatic imine (C=N–C) groups is 1. The monoisotopic (exact) mass is 509 g/mol. The van der Waals surface area contributed by atoms with E-state index in [-0.39, 0.29) is 36.2 Å². The maximum Gasteiger partial charge on any atom is 0.194 e. The molecule has 2 aliphatic heterocycles. The first-order valence-electron chi connectivity index (χ1n) is 9.41. The van der Waals surface area contributed by atoms with E-state index in [1.54, 1.807) is 0 Å². The van der Waals surface area contributed by atoms with Gasteiger partial charge in [0.2, 0.25) is 0 Å². The minimum Gasteiger partial charge on any atom is -0.492 e. The maximum atomic E-state index is 5.97. The first-order valence-corrected chi connectivity index (χ1v) is 9.79. The summed E-state index contributed by atoms with van der Waals surface area (Å²) in [6.07, 6.45) is 2.55. The largest absolute Gasteiger partial charge is 0.492 e. The van der Waals surface area contributed by atoms with Gasteiger partial charge in [0.15, 0.2) is 5.96 Å². The van der Waals surface area contributed by atoms with Crippen LogP contribution in [-0.4, -0.2) is 69.1 Å². The highest BCUT2D eigenvalue weighted by Crippen LogP contribution is 2.21. The number of halogens is 2. The minimum absolute atomic E-state index is 0. The third-order valence-electron chi connectivity index (χ3n) is 4.53. The van der Waals surface area contributed by atoms with Crippen molar-refractivity contribution in [3.8, 4) is 5.75 Å². The summed E-state index contributed by atoms with van der Waals surface area (Å²) in [5.41, 5.74) is 0. The Labute approximate surface area is 183 Å². The quantitative estimate of drug-likeness (QED) is 0.276. The summed E-state index contributed by atoms with van der Waals surface area (Å²) < 4.78 is 17.4. The third-order valence-corrected chi connectivity index (χ3v) is 4.76. The molecule has 2 aliphatic rings. The molecule has 2 atom stereocenters. The van der Waals surface area contributed by atoms with E-state index in [9.17, 15) is 0 Å². The highest BCUT2D eigenvalue weighted by molar-refractivity contribution is 14.0. The van der Waals surface area contributed by atoms with Gasteiger partial charge in [0.05, 0.1) is 19.3 Å². The van der Waals surface area contributed by atoms with E-state index < -0.39 is 0 Å². The average Bonchev–Trinajstić information content (AvgIpc) is 3.19. The van der Waals surface area contributed by atoms with Crippen LogP contribution >= 0.6 is 35.6 Å². The van der Waals surface area contributed by atoms with Crippen molar-refractivity contribution in [2.75, 3.05) is 46.0 Å². The fraction of sp³-hybridized carbons (Fsp3) is 0.632. The van der Waals surface area contributed by atoms with Gasteiger partial charge in [-0.05, 0) is 38.0 Å². The molecule has 152 valence electrons. The Morgan fingerprint density at radius 1 is 1.33 bits per heavy atom. The second-order valence-corrected chi connectivity index (χ2v) is 6.88. The molecule has 0 saturated carbocycles. The lowest BCUT2D eigenvalue weighted by Gasteiger charge is -2.37. The van der Waals surface area contributed by atoms with Crippen molar-refractivity contribution in [2.24, 2.45) is 4.99 Å². The first-order chi connectivity index (χ1) is 12.8. The van der Waals surface area contributed by atoms with Crippen LogP contribution in [0.2, 0.25) is 5.02 Å². The molecule has 2 fully saturated rings. The molecular weight excluding hydrogens is 481 g/mol. The van der Waals surface area contributed by atoms with Gasteiger partial charge in [-0.15, -0.1) is 24.0 Å². The van der Waals surface area contributed by atoms with E-state index in [0.717, 1.165) is 50.8 Å². The van der Waals surface area contributed by atoms with Gasteiger partial charge >= 0.3 is 0 Å². The van der Waals surface area contributed by atoms with Crippen LogP contribution in [0.3, 0.4) is 0 Å². The molecule has 0 radical (unpaired) electrons. The van der Waals surface area contributed by atoms with Gasteiger partial charge in [0.1, 0.15) is 18.5 Å². The van der Waals surface area contributed by atoms with Crippen LogP contribution in [0.1, 0.15) is 19.8 Å². The summed E-state index contributed by atoms with van der Waals surface area (Å²) >= 11 is 5.97. The zero-order valence-electron chi connectivity index (χ0n) is 15.7. The number of hydrogen-bond acceptors (Lipinski definition) is 4. The van der Waals surface area contributed by atoms with Gasteiger partial charge in [-0.1, -0.05) is 17.7 Å². The number of ether oxygens (including phenoxy) is 3. The Kier molecular flexibility index (Phi) is 9.95. The van der Waals surface area contributed by atoms with E-state index in [0.29, 0.717) is 24.8 Å². The SMILES string of the molecule is CCNC(=NCCOc1cccc(Cl)c1)N1CCOC(C2CCCO2)C1.I. The Hall–Kier alpha value is -0.770. The topological polar surface area (TPSA) is 55.3 Å². The molecule has 6 nitrogen and oxygen atoms in total. The van der Waals surface area contributed by atoms with Gasteiger partial charge < -0.3 is 24.4 Å². The number of benzene rings is 1. The highest BCUT2D eigenvalue weighted by atomic mass is 127. The molecule has 3 rings (SSSR count). The van der Waals surface area contributed by atoms with Crippen molar-refractivity contribution in [3.05, 3.63) is 29.3 Å². The molecule has 0 bridgehead atoms. The second kappa shape index (κ2) is 11.9. The number of nitrogens with zero attached hydrogens (tertiary/aromatic N) is 2. The number of rotatable bonds is 6. The highest BCUT2D eigenvalue weighted by Gasteiger charge is 2.32. The third kappa shape index (κ3) is 6.96. The summed E-state index contributed by atoms with van der Waals surface area (Å²) in [6, 6.07) is 7.42. The molecule has 0 spiro atoms. The van der Waals surface area contributed by atoms with Gasteiger partial charge in [0.25, 0.3) is 0 Å². The standard InChI is InChI=1S/C19H28ClN3O3.HI/c1-2-21-19(22-8-11-24-16-6-3-5-15(20)13-16)23-9-12-26-18(14-23)17-7-4-10-25-17;/h3,5-6,13,17-18H,2,4,7-12,14H2,1H3,(H,21,22);1H. The number of hydrogen-bond donors (Lipinski definition) is 1. The Balaban J connectivity index is 0.00000261. The molecule has 1 aromatic carbocycles. The van der Waals surface area contributed by atoms with E-state index in [2.05, 4.69) is 17.1 Å². The van der Waals surface area contributed by atoms with Crippen molar-refractivity contribution < 1.29 is 14.2 Å². The number of morpholine rings is 1. The predicted molar refractivity (Wildman–Crippen MR) is 119 cm³/mol. The molecule has 2 heterocycles. The summed E-state index contributed by atoms with van der Waals surface area (Å²) in [4.78, 5) is 6.98. The zero-order valence-corrected chi connectivity index (χ0v) is 18.8. The second-order valence-electron chi connectivity index (χ2n) is 6.45. The van der Waals surface area contributed by atoms with Gasteiger partial charge in [-0.3, -0.25) is 0 Å². The lowest BCUT2D eigenvalue weighted by molar-refractivity contribution is -0.0817. The molecule has 2 unspecified atom stereocenters. The lowest BCUT2D eigenvalue weighted by atomic mass is 10.1. The number of guanidine groups is 1. The molecule has 0 aliphatic carbocycles. The van der Waals surface area contributed by atoms with Crippen molar-refractivity contribution in [1.82, 2.24) is 10.2 Å². The first kappa shape index (κ1) is 22.5. The van der Waals surface area contributed by atoms with E-state index in [1.165, 1.54) is 0 Å². The van der Waals surface area contributed by atoms with Crippen LogP contribution in [0.25, 0.3) is 0 Å². The maximum absolute atomic E-state index is 5.97. The molecule has 0 amide bonds. The molecule has 1 N–H and O–H groups in total. The van der Waals surface area contributed by atoms with E-state index >= 15 is 0 Å². The van der Waals surface area contributed by atoms with Crippen molar-refractivity contribution in [3.63, 3.8) is 0 Å². The fourth-order valence-electron chi connectivity index (χ4n) is 3.29. The molecule has 0 aromatic heterocycles. The van der Waals surface area contributed by atoms with Crippen LogP contribution in [0, 0.1) is 0 Å². The minimum atomic E-state index is 0. The summed E-state index contributed by atoms with van der Waals surface area (Å²) in [5, 5.41) is 4.05. The summed E-state index contributed by atoms with van der Waals surface area (Å²) in [6.45, 7) is 7.20. The van der Waals surface area contributed by atoms with Gasteiger partial charge in [-0.25, -0.2) is 4.99 Å². The average molecular weight is 510 g/mol. The normalized spacial score (nSPS) is 23.0.